The molecule has 3 rings (SSSR count). The number of halogens is 1. The van der Waals surface area contributed by atoms with Gasteiger partial charge < -0.3 is 38.0 Å². The fraction of sp³-hybridized carbons (Fsp3) is 0.176. The highest BCUT2D eigenvalue weighted by molar-refractivity contribution is 5.56. The highest BCUT2D eigenvalue weighted by atomic mass is 127. The summed E-state index contributed by atoms with van der Waals surface area (Å²) in [6, 6.07) is 13.4. The number of hydrogen-bond acceptors (Lipinski definition) is 4. The number of benzene rings is 1. The molecule has 120 valence electrons. The van der Waals surface area contributed by atoms with Crippen LogP contribution in [0.25, 0.3) is 11.3 Å². The van der Waals surface area contributed by atoms with E-state index in [1.54, 1.807) is 13.2 Å². The molecule has 0 bridgehead atoms. The van der Waals surface area contributed by atoms with Crippen LogP contribution >= 0.6 is 0 Å². The number of aryl methyl sites for hydroxylation is 1. The third kappa shape index (κ3) is 4.44. The number of nitrogens with zero attached hydrogens (tertiary/aromatic N) is 2. The molecule has 0 aliphatic heterocycles. The standard InChI is InChI=1S/C17H17N2O3.HI/c1-19-9-7-14(8-10-19)16-11-17(18-22-16)21-12-13-3-5-15(20-2)6-4-13;/h3-11H,12H2,1-2H3;1H/q+1;/p-1. The monoisotopic (exact) mass is 424 g/mol. The van der Waals surface area contributed by atoms with Gasteiger partial charge in [-0.05, 0) is 22.9 Å². The first-order chi connectivity index (χ1) is 10.7. The summed E-state index contributed by atoms with van der Waals surface area (Å²) in [5, 5.41) is 3.94. The predicted octanol–water partition coefficient (Wildman–Crippen LogP) is -0.242. The van der Waals surface area contributed by atoms with Crippen LogP contribution in [0.15, 0.2) is 59.4 Å². The third-order valence-electron chi connectivity index (χ3n) is 3.30. The van der Waals surface area contributed by atoms with Crippen LogP contribution < -0.4 is 38.0 Å². The Morgan fingerprint density at radius 3 is 2.43 bits per heavy atom. The lowest BCUT2D eigenvalue weighted by atomic mass is 10.2. The lowest BCUT2D eigenvalue weighted by molar-refractivity contribution is -0.671. The Morgan fingerprint density at radius 2 is 1.78 bits per heavy atom. The zero-order valence-corrected chi connectivity index (χ0v) is 15.1. The zero-order valence-electron chi connectivity index (χ0n) is 12.9. The summed E-state index contributed by atoms with van der Waals surface area (Å²) >= 11 is 0. The normalized spacial score (nSPS) is 10.0. The van der Waals surface area contributed by atoms with Gasteiger partial charge in [0.15, 0.2) is 18.2 Å². The van der Waals surface area contributed by atoms with Crippen molar-refractivity contribution in [1.29, 1.82) is 0 Å². The summed E-state index contributed by atoms with van der Waals surface area (Å²) in [6.45, 7) is 0.430. The van der Waals surface area contributed by atoms with Gasteiger partial charge in [-0.25, -0.2) is 4.57 Å². The molecule has 0 fully saturated rings. The van der Waals surface area contributed by atoms with E-state index in [4.69, 9.17) is 14.0 Å². The first kappa shape index (κ1) is 17.3. The average molecular weight is 424 g/mol. The fourth-order valence-corrected chi connectivity index (χ4v) is 2.01. The smallest absolute Gasteiger partial charge is 0.255 e. The maximum absolute atomic E-state index is 5.64. The molecule has 1 aromatic carbocycles. The second-order valence-electron chi connectivity index (χ2n) is 4.92. The number of methoxy groups -OCH3 is 1. The molecule has 0 atom stereocenters. The topological polar surface area (TPSA) is 48.4 Å². The van der Waals surface area contributed by atoms with Crippen molar-refractivity contribution in [2.75, 3.05) is 7.11 Å². The number of rotatable bonds is 5. The van der Waals surface area contributed by atoms with Gasteiger partial charge in [0.25, 0.3) is 5.88 Å². The molecule has 0 saturated carbocycles. The van der Waals surface area contributed by atoms with Crippen molar-refractivity contribution in [2.24, 2.45) is 7.05 Å². The minimum Gasteiger partial charge on any atom is -1.00 e. The van der Waals surface area contributed by atoms with Gasteiger partial charge in [-0.1, -0.05) is 12.1 Å². The van der Waals surface area contributed by atoms with Gasteiger partial charge in [0.1, 0.15) is 19.4 Å². The molecule has 0 unspecified atom stereocenters. The molecule has 0 saturated heterocycles. The largest absolute Gasteiger partial charge is 1.00 e. The van der Waals surface area contributed by atoms with Crippen LogP contribution in [0.2, 0.25) is 0 Å². The Hall–Kier alpha value is -2.09. The Kier molecular flexibility index (Phi) is 5.97. The molecule has 0 radical (unpaired) electrons. The summed E-state index contributed by atoms with van der Waals surface area (Å²) in [7, 11) is 3.61. The summed E-state index contributed by atoms with van der Waals surface area (Å²) in [5.41, 5.74) is 2.00. The van der Waals surface area contributed by atoms with E-state index in [0.29, 0.717) is 18.2 Å². The van der Waals surface area contributed by atoms with Crippen molar-refractivity contribution in [3.63, 3.8) is 0 Å². The van der Waals surface area contributed by atoms with Crippen molar-refractivity contribution < 1.29 is 42.5 Å². The first-order valence-electron chi connectivity index (χ1n) is 6.93. The van der Waals surface area contributed by atoms with Crippen LogP contribution in [0, 0.1) is 0 Å². The van der Waals surface area contributed by atoms with Gasteiger partial charge in [-0.15, -0.1) is 0 Å². The lowest BCUT2D eigenvalue weighted by Crippen LogP contribution is -3.00. The minimum absolute atomic E-state index is 0. The van der Waals surface area contributed by atoms with Gasteiger partial charge in [-0.2, -0.15) is 0 Å². The SMILES string of the molecule is COc1ccc(COc2cc(-c3cc[n+](C)cc3)on2)cc1.[I-]. The zero-order chi connectivity index (χ0) is 15.4. The summed E-state index contributed by atoms with van der Waals surface area (Å²) in [4.78, 5) is 0. The second kappa shape index (κ2) is 7.96. The first-order valence-corrected chi connectivity index (χ1v) is 6.93. The van der Waals surface area contributed by atoms with Crippen LogP contribution in [0.4, 0.5) is 0 Å². The van der Waals surface area contributed by atoms with Gasteiger partial charge in [0.05, 0.1) is 7.11 Å². The van der Waals surface area contributed by atoms with Crippen LogP contribution in [-0.4, -0.2) is 12.3 Å². The molecule has 0 amide bonds. The van der Waals surface area contributed by atoms with E-state index < -0.39 is 0 Å². The van der Waals surface area contributed by atoms with Crippen LogP contribution in [0.1, 0.15) is 5.56 Å². The van der Waals surface area contributed by atoms with Gasteiger partial charge in [0.2, 0.25) is 0 Å². The average Bonchev–Trinajstić information content (AvgIpc) is 3.03. The maximum Gasteiger partial charge on any atom is 0.255 e. The van der Waals surface area contributed by atoms with E-state index in [1.807, 2.05) is 60.4 Å². The summed E-state index contributed by atoms with van der Waals surface area (Å²) in [6.07, 6.45) is 3.91. The quantitative estimate of drug-likeness (QED) is 0.419. The van der Waals surface area contributed by atoms with Crippen molar-refractivity contribution >= 4 is 0 Å². The van der Waals surface area contributed by atoms with Crippen molar-refractivity contribution in [2.45, 2.75) is 6.61 Å². The van der Waals surface area contributed by atoms with Gasteiger partial charge in [0, 0.05) is 23.8 Å². The van der Waals surface area contributed by atoms with E-state index in [2.05, 4.69) is 5.16 Å². The molecule has 2 aromatic heterocycles. The Balaban J connectivity index is 0.00000192. The number of aromatic nitrogens is 2. The maximum atomic E-state index is 5.64. The van der Waals surface area contributed by atoms with E-state index >= 15 is 0 Å². The van der Waals surface area contributed by atoms with Crippen molar-refractivity contribution in [3.8, 4) is 23.0 Å². The van der Waals surface area contributed by atoms with Gasteiger partial charge in [-0.3, -0.25) is 0 Å². The summed E-state index contributed by atoms with van der Waals surface area (Å²) in [5.74, 6) is 1.98. The Bertz CT molecular complexity index is 739. The van der Waals surface area contributed by atoms with E-state index in [0.717, 1.165) is 16.9 Å². The molecule has 5 nitrogen and oxygen atoms in total. The van der Waals surface area contributed by atoms with Gasteiger partial charge >= 0.3 is 0 Å². The number of hydrogen-bond donors (Lipinski definition) is 0. The van der Waals surface area contributed by atoms with E-state index in [9.17, 15) is 0 Å². The molecular weight excluding hydrogens is 407 g/mol. The summed E-state index contributed by atoms with van der Waals surface area (Å²) < 4.78 is 18.0. The Morgan fingerprint density at radius 1 is 1.09 bits per heavy atom. The molecule has 0 spiro atoms. The predicted molar refractivity (Wildman–Crippen MR) is 80.4 cm³/mol. The fourth-order valence-electron chi connectivity index (χ4n) is 2.01. The molecular formula is C17H17IN2O3. The Labute approximate surface area is 151 Å². The molecule has 23 heavy (non-hydrogen) atoms. The van der Waals surface area contributed by atoms with Crippen molar-refractivity contribution in [3.05, 3.63) is 60.4 Å². The van der Waals surface area contributed by atoms with Crippen LogP contribution in [0.3, 0.4) is 0 Å². The molecule has 3 aromatic rings. The van der Waals surface area contributed by atoms with Crippen LogP contribution in [-0.2, 0) is 13.7 Å². The highest BCUT2D eigenvalue weighted by Gasteiger charge is 2.09. The minimum atomic E-state index is 0. The molecule has 0 N–H and O–H groups in total. The second-order valence-corrected chi connectivity index (χ2v) is 4.92. The number of ether oxygens (including phenoxy) is 2. The lowest BCUT2D eigenvalue weighted by Gasteiger charge is -2.03. The van der Waals surface area contributed by atoms with Crippen LogP contribution in [0.5, 0.6) is 11.6 Å². The molecule has 6 heteroatoms. The van der Waals surface area contributed by atoms with Crippen molar-refractivity contribution in [1.82, 2.24) is 5.16 Å². The third-order valence-corrected chi connectivity index (χ3v) is 3.30. The number of pyridine rings is 1. The van der Waals surface area contributed by atoms with E-state index in [1.165, 1.54) is 0 Å². The highest BCUT2D eigenvalue weighted by Crippen LogP contribution is 2.23. The molecule has 2 heterocycles. The van der Waals surface area contributed by atoms with E-state index in [-0.39, 0.29) is 24.0 Å². The molecule has 0 aliphatic carbocycles. The molecule has 0 aliphatic rings.